The van der Waals surface area contributed by atoms with Gasteiger partial charge in [-0.15, -0.1) is 0 Å². The highest BCUT2D eigenvalue weighted by atomic mass is 16.6. The van der Waals surface area contributed by atoms with Crippen molar-refractivity contribution in [2.75, 3.05) is 20.2 Å². The van der Waals surface area contributed by atoms with Gasteiger partial charge in [0.1, 0.15) is 11.4 Å². The zero-order valence-corrected chi connectivity index (χ0v) is 21.2. The molecule has 0 radical (unpaired) electrons. The number of aliphatic hydroxyl groups excluding tert-OH is 1. The highest BCUT2D eigenvalue weighted by molar-refractivity contribution is 5.69. The van der Waals surface area contributed by atoms with Gasteiger partial charge in [0, 0.05) is 30.1 Å². The van der Waals surface area contributed by atoms with Crippen LogP contribution in [-0.2, 0) is 11.3 Å². The van der Waals surface area contributed by atoms with Crippen LogP contribution in [0.4, 0.5) is 4.79 Å². The topological polar surface area (TPSA) is 76.8 Å². The molecule has 0 unspecified atom stereocenters. The molecule has 0 saturated carbocycles. The van der Waals surface area contributed by atoms with Gasteiger partial charge in [0.15, 0.2) is 0 Å². The Morgan fingerprint density at radius 3 is 2.23 bits per heavy atom. The van der Waals surface area contributed by atoms with Crippen LogP contribution in [0.5, 0.6) is 5.75 Å². The summed E-state index contributed by atoms with van der Waals surface area (Å²) in [4.78, 5) is 14.3. The van der Waals surface area contributed by atoms with Crippen LogP contribution < -0.4 is 4.74 Å². The first-order valence-corrected chi connectivity index (χ1v) is 12.1. The predicted octanol–water partition coefficient (Wildman–Crippen LogP) is 5.46. The lowest BCUT2D eigenvalue weighted by atomic mass is 9.90. The second-order valence-electron chi connectivity index (χ2n) is 10.1. The molecule has 186 valence electrons. The standard InChI is InChI=1S/C28H35N3O4/c1-19-6-8-21(9-7-19)26-24(18-32)25(29-31(26)22-10-12-23(34-5)13-11-22)20-14-16-30(17-15-20)27(33)35-28(2,3)4/h6-13,20,32H,14-18H2,1-5H3. The van der Waals surface area contributed by atoms with Crippen LogP contribution >= 0.6 is 0 Å². The lowest BCUT2D eigenvalue weighted by Crippen LogP contribution is -2.41. The van der Waals surface area contributed by atoms with E-state index >= 15 is 0 Å². The van der Waals surface area contributed by atoms with Crippen molar-refractivity contribution >= 4 is 6.09 Å². The minimum absolute atomic E-state index is 0.110. The summed E-state index contributed by atoms with van der Waals surface area (Å²) in [5, 5.41) is 15.5. The molecule has 1 aliphatic rings. The molecule has 0 bridgehead atoms. The number of amides is 1. The minimum atomic E-state index is -0.516. The van der Waals surface area contributed by atoms with Gasteiger partial charge in [0.05, 0.1) is 30.8 Å². The Hall–Kier alpha value is -3.32. The maximum Gasteiger partial charge on any atom is 0.410 e. The molecular weight excluding hydrogens is 442 g/mol. The first kappa shape index (κ1) is 24.8. The van der Waals surface area contributed by atoms with Crippen LogP contribution in [0, 0.1) is 6.92 Å². The van der Waals surface area contributed by atoms with E-state index in [4.69, 9.17) is 14.6 Å². The Bertz CT molecular complexity index is 1150. The first-order chi connectivity index (χ1) is 16.7. The predicted molar refractivity (Wildman–Crippen MR) is 136 cm³/mol. The summed E-state index contributed by atoms with van der Waals surface area (Å²) in [5.74, 6) is 0.912. The molecule has 1 aromatic heterocycles. The van der Waals surface area contributed by atoms with Crippen molar-refractivity contribution in [3.05, 3.63) is 65.4 Å². The summed E-state index contributed by atoms with van der Waals surface area (Å²) in [6, 6.07) is 16.0. The molecule has 2 heterocycles. The van der Waals surface area contributed by atoms with Crippen molar-refractivity contribution in [3.63, 3.8) is 0 Å². The fourth-order valence-corrected chi connectivity index (χ4v) is 4.53. The Morgan fingerprint density at radius 1 is 1.06 bits per heavy atom. The molecule has 0 spiro atoms. The summed E-state index contributed by atoms with van der Waals surface area (Å²) in [5.41, 5.74) is 5.17. The van der Waals surface area contributed by atoms with Crippen LogP contribution in [0.3, 0.4) is 0 Å². The van der Waals surface area contributed by atoms with Crippen molar-refractivity contribution in [1.29, 1.82) is 0 Å². The van der Waals surface area contributed by atoms with Crippen LogP contribution in [0.15, 0.2) is 48.5 Å². The van der Waals surface area contributed by atoms with Crippen molar-refractivity contribution in [3.8, 4) is 22.7 Å². The molecule has 0 aliphatic carbocycles. The fraction of sp³-hybridized carbons (Fsp3) is 0.429. The van der Waals surface area contributed by atoms with Gasteiger partial charge >= 0.3 is 6.09 Å². The second-order valence-corrected chi connectivity index (χ2v) is 10.1. The van der Waals surface area contributed by atoms with Crippen LogP contribution in [0.2, 0.25) is 0 Å². The van der Waals surface area contributed by atoms with Crippen LogP contribution in [0.1, 0.15) is 56.4 Å². The van der Waals surface area contributed by atoms with E-state index in [0.29, 0.717) is 13.1 Å². The molecule has 1 saturated heterocycles. The third-order valence-corrected chi connectivity index (χ3v) is 6.35. The van der Waals surface area contributed by atoms with Gasteiger partial charge in [-0.05, 0) is 64.8 Å². The summed E-state index contributed by atoms with van der Waals surface area (Å²) in [6.45, 7) is 8.78. The molecule has 1 amide bonds. The van der Waals surface area contributed by atoms with E-state index in [1.807, 2.05) is 49.7 Å². The molecule has 1 N–H and O–H groups in total. The van der Waals surface area contributed by atoms with Gasteiger partial charge < -0.3 is 19.5 Å². The fourth-order valence-electron chi connectivity index (χ4n) is 4.53. The van der Waals surface area contributed by atoms with Gasteiger partial charge in [-0.3, -0.25) is 0 Å². The van der Waals surface area contributed by atoms with Crippen molar-refractivity contribution in [2.24, 2.45) is 0 Å². The number of piperidine rings is 1. The Labute approximate surface area is 207 Å². The third-order valence-electron chi connectivity index (χ3n) is 6.35. The number of carbonyl (C=O) groups is 1. The highest BCUT2D eigenvalue weighted by Gasteiger charge is 2.31. The Morgan fingerprint density at radius 2 is 1.69 bits per heavy atom. The van der Waals surface area contributed by atoms with E-state index < -0.39 is 5.60 Å². The summed E-state index contributed by atoms with van der Waals surface area (Å²) in [6.07, 6.45) is 1.25. The zero-order valence-electron chi connectivity index (χ0n) is 21.2. The van der Waals surface area contributed by atoms with E-state index in [1.165, 1.54) is 5.56 Å². The number of benzene rings is 2. The third kappa shape index (κ3) is 5.51. The SMILES string of the molecule is COc1ccc(-n2nc(C3CCN(C(=O)OC(C)(C)C)CC3)c(CO)c2-c2ccc(C)cc2)cc1. The number of aliphatic hydroxyl groups is 1. The van der Waals surface area contributed by atoms with Gasteiger partial charge in [0.25, 0.3) is 0 Å². The summed E-state index contributed by atoms with van der Waals surface area (Å²) >= 11 is 0. The molecule has 3 aromatic rings. The number of nitrogens with zero attached hydrogens (tertiary/aromatic N) is 3. The number of aromatic nitrogens is 2. The van der Waals surface area contributed by atoms with E-state index in [9.17, 15) is 9.90 Å². The number of likely N-dealkylation sites (tertiary alicyclic amines) is 1. The van der Waals surface area contributed by atoms with Crippen LogP contribution in [-0.4, -0.2) is 51.7 Å². The maximum atomic E-state index is 12.5. The van der Waals surface area contributed by atoms with Crippen molar-refractivity contribution in [1.82, 2.24) is 14.7 Å². The largest absolute Gasteiger partial charge is 0.497 e. The number of rotatable bonds is 5. The minimum Gasteiger partial charge on any atom is -0.497 e. The quantitative estimate of drug-likeness (QED) is 0.528. The van der Waals surface area contributed by atoms with Gasteiger partial charge in [0.2, 0.25) is 0 Å². The molecule has 35 heavy (non-hydrogen) atoms. The number of aryl methyl sites for hydroxylation is 1. The van der Waals surface area contributed by atoms with E-state index in [0.717, 1.165) is 46.8 Å². The molecule has 2 aromatic carbocycles. The molecule has 4 rings (SSSR count). The van der Waals surface area contributed by atoms with E-state index in [-0.39, 0.29) is 18.6 Å². The van der Waals surface area contributed by atoms with Crippen molar-refractivity contribution < 1.29 is 19.4 Å². The average Bonchev–Trinajstić information content (AvgIpc) is 3.23. The smallest absolute Gasteiger partial charge is 0.410 e. The van der Waals surface area contributed by atoms with Crippen molar-refractivity contribution in [2.45, 2.75) is 58.7 Å². The highest BCUT2D eigenvalue weighted by Crippen LogP contribution is 2.37. The molecular formula is C28H35N3O4. The number of ether oxygens (including phenoxy) is 2. The molecule has 7 nitrogen and oxygen atoms in total. The van der Waals surface area contributed by atoms with Gasteiger partial charge in [-0.25, -0.2) is 9.48 Å². The van der Waals surface area contributed by atoms with Gasteiger partial charge in [-0.2, -0.15) is 5.10 Å². The lowest BCUT2D eigenvalue weighted by Gasteiger charge is -2.33. The first-order valence-electron chi connectivity index (χ1n) is 12.1. The monoisotopic (exact) mass is 477 g/mol. The average molecular weight is 478 g/mol. The van der Waals surface area contributed by atoms with Gasteiger partial charge in [-0.1, -0.05) is 29.8 Å². The number of methoxy groups -OCH3 is 1. The Balaban J connectivity index is 1.69. The number of carbonyl (C=O) groups excluding carboxylic acids is 1. The molecule has 1 aliphatic heterocycles. The van der Waals surface area contributed by atoms with E-state index in [2.05, 4.69) is 31.2 Å². The normalized spacial score (nSPS) is 14.7. The van der Waals surface area contributed by atoms with E-state index in [1.54, 1.807) is 12.0 Å². The summed E-state index contributed by atoms with van der Waals surface area (Å²) < 4.78 is 12.8. The number of hydrogen-bond donors (Lipinski definition) is 1. The second kappa shape index (κ2) is 10.1. The summed E-state index contributed by atoms with van der Waals surface area (Å²) in [7, 11) is 1.65. The lowest BCUT2D eigenvalue weighted by molar-refractivity contribution is 0.0203. The zero-order chi connectivity index (χ0) is 25.2. The molecule has 0 atom stereocenters. The maximum absolute atomic E-state index is 12.5. The number of hydrogen-bond acceptors (Lipinski definition) is 5. The molecule has 7 heteroatoms. The molecule has 1 fully saturated rings. The van der Waals surface area contributed by atoms with Crippen LogP contribution in [0.25, 0.3) is 16.9 Å². The Kier molecular flexibility index (Phi) is 7.17.